The topological polar surface area (TPSA) is 62.3 Å². The van der Waals surface area contributed by atoms with Crippen molar-refractivity contribution in [2.45, 2.75) is 25.8 Å². The standard InChI is InChI=1S/C12H15N3O2/c1-13-10-6-5-9(7-14-10)8-15-11(16)3-2-4-12(15)17/h5-7H,2-4,8H2,1H3,(H,13,14). The number of carbonyl (C=O) groups excluding carboxylic acids is 2. The van der Waals surface area contributed by atoms with Crippen molar-refractivity contribution in [3.05, 3.63) is 23.9 Å². The minimum Gasteiger partial charge on any atom is -0.373 e. The zero-order valence-corrected chi connectivity index (χ0v) is 9.77. The summed E-state index contributed by atoms with van der Waals surface area (Å²) < 4.78 is 0. The molecule has 2 rings (SSSR count). The zero-order valence-electron chi connectivity index (χ0n) is 9.77. The lowest BCUT2D eigenvalue weighted by Gasteiger charge is -2.24. The number of hydrogen-bond donors (Lipinski definition) is 1. The number of imide groups is 1. The van der Waals surface area contributed by atoms with Crippen molar-refractivity contribution in [2.75, 3.05) is 12.4 Å². The maximum Gasteiger partial charge on any atom is 0.229 e. The molecule has 0 atom stereocenters. The van der Waals surface area contributed by atoms with Crippen LogP contribution in [-0.2, 0) is 16.1 Å². The molecule has 1 saturated heterocycles. The van der Waals surface area contributed by atoms with Crippen molar-refractivity contribution in [3.8, 4) is 0 Å². The van der Waals surface area contributed by atoms with Gasteiger partial charge in [0.15, 0.2) is 0 Å². The van der Waals surface area contributed by atoms with E-state index in [1.54, 1.807) is 13.2 Å². The second kappa shape index (κ2) is 4.95. The van der Waals surface area contributed by atoms with Crippen LogP contribution in [0.15, 0.2) is 18.3 Å². The number of nitrogens with one attached hydrogen (secondary N) is 1. The maximum absolute atomic E-state index is 11.6. The molecule has 0 spiro atoms. The molecule has 1 aliphatic rings. The average molecular weight is 233 g/mol. The van der Waals surface area contributed by atoms with E-state index in [1.807, 2.05) is 12.1 Å². The molecule has 2 amide bonds. The molecule has 1 aliphatic heterocycles. The Bertz CT molecular complexity index is 412. The van der Waals surface area contributed by atoms with E-state index in [9.17, 15) is 9.59 Å². The van der Waals surface area contributed by atoms with E-state index in [1.165, 1.54) is 4.90 Å². The summed E-state index contributed by atoms with van der Waals surface area (Å²) >= 11 is 0. The largest absolute Gasteiger partial charge is 0.373 e. The molecule has 0 aromatic carbocycles. The Morgan fingerprint density at radius 3 is 2.53 bits per heavy atom. The molecule has 0 saturated carbocycles. The van der Waals surface area contributed by atoms with Crippen LogP contribution >= 0.6 is 0 Å². The highest BCUT2D eigenvalue weighted by Gasteiger charge is 2.25. The van der Waals surface area contributed by atoms with Gasteiger partial charge in [-0.1, -0.05) is 6.07 Å². The van der Waals surface area contributed by atoms with Crippen LogP contribution in [-0.4, -0.2) is 28.7 Å². The molecular weight excluding hydrogens is 218 g/mol. The Kier molecular flexibility index (Phi) is 3.37. The number of rotatable bonds is 3. The van der Waals surface area contributed by atoms with Gasteiger partial charge in [-0.3, -0.25) is 14.5 Å². The summed E-state index contributed by atoms with van der Waals surface area (Å²) in [5, 5.41) is 2.92. The van der Waals surface area contributed by atoms with E-state index in [4.69, 9.17) is 0 Å². The second-order valence-electron chi connectivity index (χ2n) is 4.03. The third kappa shape index (κ3) is 2.61. The number of piperidine rings is 1. The van der Waals surface area contributed by atoms with E-state index in [0.29, 0.717) is 25.8 Å². The van der Waals surface area contributed by atoms with E-state index < -0.39 is 0 Å². The van der Waals surface area contributed by atoms with E-state index in [0.717, 1.165) is 11.4 Å². The summed E-state index contributed by atoms with van der Waals surface area (Å²) in [7, 11) is 1.79. The Morgan fingerprint density at radius 2 is 2.00 bits per heavy atom. The van der Waals surface area contributed by atoms with E-state index in [-0.39, 0.29) is 11.8 Å². The van der Waals surface area contributed by atoms with Crippen LogP contribution in [0.5, 0.6) is 0 Å². The van der Waals surface area contributed by atoms with Gasteiger partial charge in [-0.25, -0.2) is 4.98 Å². The van der Waals surface area contributed by atoms with Gasteiger partial charge in [-0.2, -0.15) is 0 Å². The number of likely N-dealkylation sites (tertiary alicyclic amines) is 1. The lowest BCUT2D eigenvalue weighted by atomic mass is 10.1. The number of carbonyl (C=O) groups is 2. The molecule has 0 bridgehead atoms. The summed E-state index contributed by atoms with van der Waals surface area (Å²) in [6.45, 7) is 0.328. The molecule has 1 fully saturated rings. The molecule has 0 radical (unpaired) electrons. The molecule has 1 aromatic heterocycles. The van der Waals surface area contributed by atoms with Crippen LogP contribution in [0.4, 0.5) is 5.82 Å². The van der Waals surface area contributed by atoms with Crippen LogP contribution in [0.2, 0.25) is 0 Å². The minimum absolute atomic E-state index is 0.0843. The lowest BCUT2D eigenvalue weighted by molar-refractivity contribution is -0.148. The normalized spacial score (nSPS) is 16.2. The van der Waals surface area contributed by atoms with Gasteiger partial charge in [0.2, 0.25) is 11.8 Å². The van der Waals surface area contributed by atoms with Gasteiger partial charge in [0, 0.05) is 26.1 Å². The SMILES string of the molecule is CNc1ccc(CN2C(=O)CCCC2=O)cn1. The van der Waals surface area contributed by atoms with Crippen LogP contribution in [0.25, 0.3) is 0 Å². The third-order valence-corrected chi connectivity index (χ3v) is 2.80. The molecule has 0 unspecified atom stereocenters. The molecular formula is C12H15N3O2. The number of aromatic nitrogens is 1. The smallest absolute Gasteiger partial charge is 0.229 e. The summed E-state index contributed by atoms with van der Waals surface area (Å²) in [5.41, 5.74) is 0.868. The van der Waals surface area contributed by atoms with Gasteiger partial charge in [-0.15, -0.1) is 0 Å². The number of amides is 2. The lowest BCUT2D eigenvalue weighted by Crippen LogP contribution is -2.39. The van der Waals surface area contributed by atoms with Gasteiger partial charge in [0.05, 0.1) is 6.54 Å². The van der Waals surface area contributed by atoms with Crippen LogP contribution in [0.3, 0.4) is 0 Å². The second-order valence-corrected chi connectivity index (χ2v) is 4.03. The van der Waals surface area contributed by atoms with Crippen LogP contribution < -0.4 is 5.32 Å². The number of pyridine rings is 1. The van der Waals surface area contributed by atoms with E-state index in [2.05, 4.69) is 10.3 Å². The fourth-order valence-electron chi connectivity index (χ4n) is 1.82. The Labute approximate surface area is 99.8 Å². The van der Waals surface area contributed by atoms with Crippen molar-refractivity contribution < 1.29 is 9.59 Å². The Balaban J connectivity index is 2.08. The summed E-state index contributed by atoms with van der Waals surface area (Å²) in [6, 6.07) is 3.70. The zero-order chi connectivity index (χ0) is 12.3. The van der Waals surface area contributed by atoms with Crippen molar-refractivity contribution in [2.24, 2.45) is 0 Å². The van der Waals surface area contributed by atoms with Crippen LogP contribution in [0, 0.1) is 0 Å². The first kappa shape index (κ1) is 11.6. The molecule has 1 aromatic rings. The highest BCUT2D eigenvalue weighted by molar-refractivity contribution is 5.97. The van der Waals surface area contributed by atoms with Crippen molar-refractivity contribution >= 4 is 17.6 Å². The highest BCUT2D eigenvalue weighted by Crippen LogP contribution is 2.15. The predicted molar refractivity (Wildman–Crippen MR) is 63.2 cm³/mol. The van der Waals surface area contributed by atoms with Gasteiger partial charge in [0.25, 0.3) is 0 Å². The maximum atomic E-state index is 11.6. The molecule has 2 heterocycles. The summed E-state index contributed by atoms with van der Waals surface area (Å²) in [6.07, 6.45) is 3.29. The fourth-order valence-corrected chi connectivity index (χ4v) is 1.82. The van der Waals surface area contributed by atoms with Crippen molar-refractivity contribution in [3.63, 3.8) is 0 Å². The first-order valence-corrected chi connectivity index (χ1v) is 5.66. The Hall–Kier alpha value is -1.91. The first-order valence-electron chi connectivity index (χ1n) is 5.66. The quantitative estimate of drug-likeness (QED) is 0.796. The van der Waals surface area contributed by atoms with Gasteiger partial charge < -0.3 is 5.32 Å². The monoisotopic (exact) mass is 233 g/mol. The number of anilines is 1. The van der Waals surface area contributed by atoms with Crippen molar-refractivity contribution in [1.29, 1.82) is 0 Å². The predicted octanol–water partition coefficient (Wildman–Crippen LogP) is 1.16. The third-order valence-electron chi connectivity index (χ3n) is 2.80. The van der Waals surface area contributed by atoms with E-state index >= 15 is 0 Å². The first-order chi connectivity index (χ1) is 8.20. The molecule has 0 aliphatic carbocycles. The molecule has 5 heteroatoms. The molecule has 1 N–H and O–H groups in total. The molecule has 17 heavy (non-hydrogen) atoms. The minimum atomic E-state index is -0.0843. The summed E-state index contributed by atoms with van der Waals surface area (Å²) in [5.74, 6) is 0.600. The highest BCUT2D eigenvalue weighted by atomic mass is 16.2. The van der Waals surface area contributed by atoms with Gasteiger partial charge >= 0.3 is 0 Å². The Morgan fingerprint density at radius 1 is 1.29 bits per heavy atom. The average Bonchev–Trinajstić information content (AvgIpc) is 2.35. The number of nitrogens with zero attached hydrogens (tertiary/aromatic N) is 2. The fraction of sp³-hybridized carbons (Fsp3) is 0.417. The molecule has 90 valence electrons. The number of hydrogen-bond acceptors (Lipinski definition) is 4. The van der Waals surface area contributed by atoms with Gasteiger partial charge in [0.1, 0.15) is 5.82 Å². The molecule has 5 nitrogen and oxygen atoms in total. The summed E-state index contributed by atoms with van der Waals surface area (Å²) in [4.78, 5) is 28.7. The van der Waals surface area contributed by atoms with Crippen molar-refractivity contribution in [1.82, 2.24) is 9.88 Å². The van der Waals surface area contributed by atoms with Crippen LogP contribution in [0.1, 0.15) is 24.8 Å². The van der Waals surface area contributed by atoms with Gasteiger partial charge in [-0.05, 0) is 18.1 Å².